The molecule has 0 spiro atoms. The Labute approximate surface area is 182 Å². The van der Waals surface area contributed by atoms with Gasteiger partial charge in [0.25, 0.3) is 0 Å². The molecule has 2 N–H and O–H groups in total. The van der Waals surface area contributed by atoms with E-state index in [9.17, 15) is 0 Å². The average Bonchev–Trinajstić information content (AvgIpc) is 3.11. The van der Waals surface area contributed by atoms with E-state index in [1.807, 2.05) is 31.2 Å². The van der Waals surface area contributed by atoms with Crippen molar-refractivity contribution < 1.29 is 0 Å². The number of aryl methyl sites for hydroxylation is 1. The fraction of sp³-hybridized carbons (Fsp3) is 0.292. The first-order valence-electron chi connectivity index (χ1n) is 10.6. The van der Waals surface area contributed by atoms with Crippen LogP contribution in [0.1, 0.15) is 11.4 Å². The molecular formula is C24H27N7. The number of likely N-dealkylation sites (N-methyl/N-ethyl adjacent to an activating group) is 1. The number of imidazole rings is 1. The Morgan fingerprint density at radius 2 is 1.71 bits per heavy atom. The SMILES string of the molecule is Cc1nc2ccc(-c3ccnc(N)c3)nc2n1-c1ccc(CN2CCN(C)CC2)cc1. The summed E-state index contributed by atoms with van der Waals surface area (Å²) in [6.07, 6.45) is 1.71. The van der Waals surface area contributed by atoms with Crippen molar-refractivity contribution in [1.82, 2.24) is 29.3 Å². The largest absolute Gasteiger partial charge is 0.384 e. The first-order chi connectivity index (χ1) is 15.1. The van der Waals surface area contributed by atoms with Crippen LogP contribution in [0.25, 0.3) is 28.1 Å². The predicted octanol–water partition coefficient (Wildman–Crippen LogP) is 3.12. The second kappa shape index (κ2) is 8.09. The first-order valence-corrected chi connectivity index (χ1v) is 10.6. The van der Waals surface area contributed by atoms with Gasteiger partial charge in [-0.15, -0.1) is 0 Å². The Hall–Kier alpha value is -3.29. The highest BCUT2D eigenvalue weighted by Crippen LogP contribution is 2.25. The molecule has 0 amide bonds. The van der Waals surface area contributed by atoms with Crippen molar-refractivity contribution in [3.8, 4) is 16.9 Å². The lowest BCUT2D eigenvalue weighted by Crippen LogP contribution is -2.43. The van der Waals surface area contributed by atoms with E-state index < -0.39 is 0 Å². The van der Waals surface area contributed by atoms with Gasteiger partial charge in [0.05, 0.1) is 5.69 Å². The molecule has 0 radical (unpaired) electrons. The van der Waals surface area contributed by atoms with Crippen LogP contribution < -0.4 is 5.73 Å². The summed E-state index contributed by atoms with van der Waals surface area (Å²) < 4.78 is 2.11. The van der Waals surface area contributed by atoms with E-state index in [4.69, 9.17) is 15.7 Å². The molecule has 1 saturated heterocycles. The van der Waals surface area contributed by atoms with Gasteiger partial charge in [0.15, 0.2) is 5.65 Å². The minimum absolute atomic E-state index is 0.486. The van der Waals surface area contributed by atoms with Gasteiger partial charge in [0, 0.05) is 50.2 Å². The summed E-state index contributed by atoms with van der Waals surface area (Å²) in [6.45, 7) is 7.52. The maximum Gasteiger partial charge on any atom is 0.165 e. The average molecular weight is 414 g/mol. The predicted molar refractivity (Wildman–Crippen MR) is 124 cm³/mol. The highest BCUT2D eigenvalue weighted by atomic mass is 15.2. The van der Waals surface area contributed by atoms with Crippen LogP contribution in [-0.4, -0.2) is 62.5 Å². The summed E-state index contributed by atoms with van der Waals surface area (Å²) in [5.74, 6) is 1.40. The standard InChI is InChI=1S/C24H27N7/c1-17-27-22-8-7-21(19-9-10-26-23(25)15-19)28-24(22)31(17)20-5-3-18(4-6-20)16-30-13-11-29(2)12-14-30/h3-10,15H,11-14,16H2,1-2H3,(H2,25,26). The maximum atomic E-state index is 5.86. The molecule has 0 atom stereocenters. The number of anilines is 1. The van der Waals surface area contributed by atoms with Gasteiger partial charge in [0.2, 0.25) is 0 Å². The fourth-order valence-electron chi connectivity index (χ4n) is 4.16. The molecule has 0 unspecified atom stereocenters. The van der Waals surface area contributed by atoms with Gasteiger partial charge >= 0.3 is 0 Å². The summed E-state index contributed by atoms with van der Waals surface area (Å²) in [6, 6.07) is 16.5. The van der Waals surface area contributed by atoms with E-state index in [0.717, 1.165) is 66.7 Å². The Bertz CT molecular complexity index is 1200. The monoisotopic (exact) mass is 413 g/mol. The second-order valence-electron chi connectivity index (χ2n) is 8.25. The van der Waals surface area contributed by atoms with Crippen molar-refractivity contribution >= 4 is 17.0 Å². The zero-order valence-electron chi connectivity index (χ0n) is 18.0. The Balaban J connectivity index is 1.45. The summed E-state index contributed by atoms with van der Waals surface area (Å²) in [7, 11) is 2.19. The van der Waals surface area contributed by atoms with Crippen molar-refractivity contribution in [2.24, 2.45) is 0 Å². The van der Waals surface area contributed by atoms with Crippen LogP contribution in [0.2, 0.25) is 0 Å². The molecule has 4 heterocycles. The second-order valence-corrected chi connectivity index (χ2v) is 8.25. The highest BCUT2D eigenvalue weighted by molar-refractivity contribution is 5.78. The van der Waals surface area contributed by atoms with Crippen molar-refractivity contribution in [3.05, 3.63) is 66.1 Å². The molecule has 7 heteroatoms. The molecule has 1 aromatic carbocycles. The van der Waals surface area contributed by atoms with Crippen LogP contribution in [0.3, 0.4) is 0 Å². The molecule has 1 fully saturated rings. The lowest BCUT2D eigenvalue weighted by molar-refractivity contribution is 0.148. The number of fused-ring (bicyclic) bond motifs is 1. The number of hydrogen-bond acceptors (Lipinski definition) is 6. The third-order valence-electron chi connectivity index (χ3n) is 5.95. The fourth-order valence-corrected chi connectivity index (χ4v) is 4.16. The van der Waals surface area contributed by atoms with Gasteiger partial charge in [0.1, 0.15) is 17.2 Å². The van der Waals surface area contributed by atoms with Crippen molar-refractivity contribution in [1.29, 1.82) is 0 Å². The normalized spacial score (nSPS) is 15.5. The van der Waals surface area contributed by atoms with Crippen LogP contribution in [0.4, 0.5) is 5.82 Å². The summed E-state index contributed by atoms with van der Waals surface area (Å²) in [5, 5.41) is 0. The molecule has 0 aliphatic carbocycles. The van der Waals surface area contributed by atoms with Gasteiger partial charge in [-0.3, -0.25) is 9.47 Å². The van der Waals surface area contributed by atoms with Crippen LogP contribution in [0.15, 0.2) is 54.7 Å². The van der Waals surface area contributed by atoms with Crippen LogP contribution in [0.5, 0.6) is 0 Å². The quantitative estimate of drug-likeness (QED) is 0.554. The number of piperazine rings is 1. The number of hydrogen-bond donors (Lipinski definition) is 1. The number of nitrogens with two attached hydrogens (primary N) is 1. The highest BCUT2D eigenvalue weighted by Gasteiger charge is 2.15. The van der Waals surface area contributed by atoms with E-state index in [1.165, 1.54) is 5.56 Å². The van der Waals surface area contributed by atoms with E-state index in [0.29, 0.717) is 5.82 Å². The van der Waals surface area contributed by atoms with Gasteiger partial charge in [-0.2, -0.15) is 0 Å². The van der Waals surface area contributed by atoms with Crippen molar-refractivity contribution in [2.45, 2.75) is 13.5 Å². The lowest BCUT2D eigenvalue weighted by atomic mass is 10.1. The molecule has 31 heavy (non-hydrogen) atoms. The maximum absolute atomic E-state index is 5.86. The zero-order valence-corrected chi connectivity index (χ0v) is 18.0. The number of nitrogens with zero attached hydrogens (tertiary/aromatic N) is 6. The molecule has 7 nitrogen and oxygen atoms in total. The number of pyridine rings is 2. The number of benzene rings is 1. The van der Waals surface area contributed by atoms with E-state index >= 15 is 0 Å². The van der Waals surface area contributed by atoms with E-state index in [1.54, 1.807) is 6.20 Å². The van der Waals surface area contributed by atoms with Crippen LogP contribution >= 0.6 is 0 Å². The van der Waals surface area contributed by atoms with Gasteiger partial charge in [-0.05, 0) is 55.9 Å². The van der Waals surface area contributed by atoms with Crippen LogP contribution in [0, 0.1) is 6.92 Å². The number of nitrogen functional groups attached to an aromatic ring is 1. The van der Waals surface area contributed by atoms with Crippen molar-refractivity contribution in [3.63, 3.8) is 0 Å². The van der Waals surface area contributed by atoms with Crippen LogP contribution in [-0.2, 0) is 6.54 Å². The lowest BCUT2D eigenvalue weighted by Gasteiger charge is -2.32. The molecule has 1 aliphatic rings. The topological polar surface area (TPSA) is 76.1 Å². The first kappa shape index (κ1) is 19.7. The van der Waals surface area contributed by atoms with E-state index in [-0.39, 0.29) is 0 Å². The third kappa shape index (κ3) is 4.02. The molecule has 5 rings (SSSR count). The Morgan fingerprint density at radius 3 is 2.45 bits per heavy atom. The molecule has 1 aliphatic heterocycles. The molecule has 4 aromatic rings. The van der Waals surface area contributed by atoms with Crippen molar-refractivity contribution in [2.75, 3.05) is 39.0 Å². The van der Waals surface area contributed by atoms with E-state index in [2.05, 4.69) is 50.7 Å². The third-order valence-corrected chi connectivity index (χ3v) is 5.95. The zero-order chi connectivity index (χ0) is 21.4. The summed E-state index contributed by atoms with van der Waals surface area (Å²) in [5.41, 5.74) is 11.8. The van der Waals surface area contributed by atoms with Gasteiger partial charge in [-0.1, -0.05) is 12.1 Å². The summed E-state index contributed by atoms with van der Waals surface area (Å²) >= 11 is 0. The minimum Gasteiger partial charge on any atom is -0.384 e. The molecular weight excluding hydrogens is 386 g/mol. The smallest absolute Gasteiger partial charge is 0.165 e. The van der Waals surface area contributed by atoms with Gasteiger partial charge in [-0.25, -0.2) is 15.0 Å². The Kier molecular flexibility index (Phi) is 5.13. The molecule has 0 saturated carbocycles. The molecule has 0 bridgehead atoms. The Morgan fingerprint density at radius 1 is 0.935 bits per heavy atom. The number of rotatable bonds is 4. The number of aromatic nitrogens is 4. The summed E-state index contributed by atoms with van der Waals surface area (Å²) in [4.78, 5) is 18.6. The van der Waals surface area contributed by atoms with Gasteiger partial charge < -0.3 is 10.6 Å². The minimum atomic E-state index is 0.486. The molecule has 3 aromatic heterocycles. The molecule has 158 valence electrons.